The maximum atomic E-state index is 12.7. The standard InChI is InChI=1S/C17H23BrN2O2/c1-3-8-19(9-4-2)17(22)13-10-16(21)20(12-13)15-7-5-6-14(18)11-15/h5-7,11,13H,3-4,8-10,12H2,1-2H3. The molecule has 0 spiro atoms. The number of carbonyl (C=O) groups is 2. The van der Waals surface area contributed by atoms with E-state index in [2.05, 4.69) is 29.8 Å². The number of hydrogen-bond donors (Lipinski definition) is 0. The number of hydrogen-bond acceptors (Lipinski definition) is 2. The van der Waals surface area contributed by atoms with Crippen molar-refractivity contribution in [1.82, 2.24) is 4.90 Å². The highest BCUT2D eigenvalue weighted by atomic mass is 79.9. The van der Waals surface area contributed by atoms with Gasteiger partial charge in [0, 0.05) is 36.2 Å². The van der Waals surface area contributed by atoms with Crippen LogP contribution in [-0.4, -0.2) is 36.3 Å². The molecule has 0 bridgehead atoms. The molecular weight excluding hydrogens is 344 g/mol. The number of benzene rings is 1. The first-order valence-corrected chi connectivity index (χ1v) is 8.70. The zero-order chi connectivity index (χ0) is 16.1. The highest BCUT2D eigenvalue weighted by molar-refractivity contribution is 9.10. The lowest BCUT2D eigenvalue weighted by Crippen LogP contribution is -2.38. The number of carbonyl (C=O) groups excluding carboxylic acids is 2. The fourth-order valence-corrected chi connectivity index (χ4v) is 3.28. The summed E-state index contributed by atoms with van der Waals surface area (Å²) in [5.41, 5.74) is 0.854. The molecule has 120 valence electrons. The van der Waals surface area contributed by atoms with Crippen LogP contribution < -0.4 is 4.90 Å². The van der Waals surface area contributed by atoms with Gasteiger partial charge in [-0.05, 0) is 31.0 Å². The van der Waals surface area contributed by atoms with Crippen LogP contribution in [0.2, 0.25) is 0 Å². The SMILES string of the molecule is CCCN(CCC)C(=O)C1CC(=O)N(c2cccc(Br)c2)C1. The van der Waals surface area contributed by atoms with Crippen molar-refractivity contribution in [2.24, 2.45) is 5.92 Å². The Hall–Kier alpha value is -1.36. The molecule has 1 atom stereocenters. The summed E-state index contributed by atoms with van der Waals surface area (Å²) in [4.78, 5) is 28.6. The summed E-state index contributed by atoms with van der Waals surface area (Å²) in [6.45, 7) is 6.17. The van der Waals surface area contributed by atoms with E-state index in [9.17, 15) is 9.59 Å². The van der Waals surface area contributed by atoms with Gasteiger partial charge in [0.25, 0.3) is 0 Å². The molecule has 2 amide bonds. The first kappa shape index (κ1) is 17.0. The van der Waals surface area contributed by atoms with Crippen molar-refractivity contribution in [3.05, 3.63) is 28.7 Å². The molecule has 0 N–H and O–H groups in total. The Bertz CT molecular complexity index is 541. The van der Waals surface area contributed by atoms with Gasteiger partial charge < -0.3 is 9.80 Å². The summed E-state index contributed by atoms with van der Waals surface area (Å²) >= 11 is 3.42. The summed E-state index contributed by atoms with van der Waals surface area (Å²) in [7, 11) is 0. The number of amides is 2. The van der Waals surface area contributed by atoms with E-state index in [1.54, 1.807) is 4.90 Å². The molecule has 1 aromatic carbocycles. The van der Waals surface area contributed by atoms with E-state index in [0.717, 1.165) is 36.1 Å². The molecule has 1 aliphatic heterocycles. The third-order valence-electron chi connectivity index (χ3n) is 3.89. The molecule has 0 aromatic heterocycles. The Morgan fingerprint density at radius 2 is 2.00 bits per heavy atom. The Morgan fingerprint density at radius 1 is 1.32 bits per heavy atom. The van der Waals surface area contributed by atoms with Crippen LogP contribution in [-0.2, 0) is 9.59 Å². The molecule has 0 aliphatic carbocycles. The maximum Gasteiger partial charge on any atom is 0.228 e. The van der Waals surface area contributed by atoms with Gasteiger partial charge in [0.05, 0.1) is 5.92 Å². The predicted octanol–water partition coefficient (Wildman–Crippen LogP) is 3.45. The van der Waals surface area contributed by atoms with E-state index in [1.165, 1.54) is 0 Å². The van der Waals surface area contributed by atoms with Crippen molar-refractivity contribution >= 4 is 33.4 Å². The number of anilines is 1. The van der Waals surface area contributed by atoms with Crippen molar-refractivity contribution in [2.75, 3.05) is 24.5 Å². The van der Waals surface area contributed by atoms with E-state index in [-0.39, 0.29) is 17.7 Å². The smallest absolute Gasteiger partial charge is 0.228 e. The Kier molecular flexibility index (Phi) is 6.00. The van der Waals surface area contributed by atoms with Crippen LogP contribution in [0.25, 0.3) is 0 Å². The third kappa shape index (κ3) is 3.88. The van der Waals surface area contributed by atoms with Gasteiger partial charge in [-0.15, -0.1) is 0 Å². The zero-order valence-electron chi connectivity index (χ0n) is 13.2. The quantitative estimate of drug-likeness (QED) is 0.773. The second-order valence-corrected chi connectivity index (χ2v) is 6.63. The first-order chi connectivity index (χ1) is 10.6. The summed E-state index contributed by atoms with van der Waals surface area (Å²) in [5.74, 6) is -0.0662. The largest absolute Gasteiger partial charge is 0.342 e. The number of halogens is 1. The minimum Gasteiger partial charge on any atom is -0.342 e. The van der Waals surface area contributed by atoms with Gasteiger partial charge in [-0.1, -0.05) is 35.8 Å². The molecule has 1 aliphatic rings. The van der Waals surface area contributed by atoms with Gasteiger partial charge in [0.15, 0.2) is 0 Å². The summed E-state index contributed by atoms with van der Waals surface area (Å²) in [5, 5.41) is 0. The highest BCUT2D eigenvalue weighted by Gasteiger charge is 2.36. The fraction of sp³-hybridized carbons (Fsp3) is 0.529. The van der Waals surface area contributed by atoms with Crippen LogP contribution in [0.4, 0.5) is 5.69 Å². The molecule has 1 unspecified atom stereocenters. The van der Waals surface area contributed by atoms with Gasteiger partial charge in [0.2, 0.25) is 11.8 Å². The minimum absolute atomic E-state index is 0.0318. The molecule has 1 fully saturated rings. The highest BCUT2D eigenvalue weighted by Crippen LogP contribution is 2.28. The first-order valence-electron chi connectivity index (χ1n) is 7.91. The van der Waals surface area contributed by atoms with Crippen molar-refractivity contribution in [2.45, 2.75) is 33.1 Å². The lowest BCUT2D eigenvalue weighted by atomic mass is 10.1. The summed E-state index contributed by atoms with van der Waals surface area (Å²) in [6.07, 6.45) is 2.21. The van der Waals surface area contributed by atoms with E-state index >= 15 is 0 Å². The van der Waals surface area contributed by atoms with Gasteiger partial charge >= 0.3 is 0 Å². The van der Waals surface area contributed by atoms with Gasteiger partial charge in [-0.3, -0.25) is 9.59 Å². The van der Waals surface area contributed by atoms with E-state index < -0.39 is 0 Å². The second-order valence-electron chi connectivity index (χ2n) is 5.71. The van der Waals surface area contributed by atoms with E-state index in [0.29, 0.717) is 13.0 Å². The maximum absolute atomic E-state index is 12.7. The topological polar surface area (TPSA) is 40.6 Å². The van der Waals surface area contributed by atoms with Crippen molar-refractivity contribution in [3.8, 4) is 0 Å². The van der Waals surface area contributed by atoms with Crippen LogP contribution in [0.3, 0.4) is 0 Å². The average molecular weight is 367 g/mol. The summed E-state index contributed by atoms with van der Waals surface area (Å²) < 4.78 is 0.936. The van der Waals surface area contributed by atoms with Crippen molar-refractivity contribution in [3.63, 3.8) is 0 Å². The zero-order valence-corrected chi connectivity index (χ0v) is 14.8. The normalized spacial score (nSPS) is 17.9. The molecule has 2 rings (SSSR count). The second kappa shape index (κ2) is 7.77. The average Bonchev–Trinajstić information content (AvgIpc) is 2.88. The molecule has 1 saturated heterocycles. The van der Waals surface area contributed by atoms with Gasteiger partial charge in [-0.25, -0.2) is 0 Å². The van der Waals surface area contributed by atoms with Crippen LogP contribution in [0.5, 0.6) is 0 Å². The molecule has 22 heavy (non-hydrogen) atoms. The molecular formula is C17H23BrN2O2. The fourth-order valence-electron chi connectivity index (χ4n) is 2.90. The minimum atomic E-state index is -0.218. The molecule has 0 saturated carbocycles. The Labute approximate surface area is 140 Å². The number of nitrogens with zero attached hydrogens (tertiary/aromatic N) is 2. The van der Waals surface area contributed by atoms with E-state index in [4.69, 9.17) is 0 Å². The predicted molar refractivity (Wildman–Crippen MR) is 91.8 cm³/mol. The van der Waals surface area contributed by atoms with Gasteiger partial charge in [0.1, 0.15) is 0 Å². The molecule has 1 heterocycles. The number of rotatable bonds is 6. The van der Waals surface area contributed by atoms with Crippen LogP contribution in [0.15, 0.2) is 28.7 Å². The van der Waals surface area contributed by atoms with Crippen LogP contribution in [0, 0.1) is 5.92 Å². The lowest BCUT2D eigenvalue weighted by Gasteiger charge is -2.24. The third-order valence-corrected chi connectivity index (χ3v) is 4.39. The molecule has 0 radical (unpaired) electrons. The van der Waals surface area contributed by atoms with E-state index in [1.807, 2.05) is 29.2 Å². The lowest BCUT2D eigenvalue weighted by molar-refractivity contribution is -0.135. The monoisotopic (exact) mass is 366 g/mol. The summed E-state index contributed by atoms with van der Waals surface area (Å²) in [6, 6.07) is 7.66. The van der Waals surface area contributed by atoms with Crippen molar-refractivity contribution in [1.29, 1.82) is 0 Å². The molecule has 1 aromatic rings. The van der Waals surface area contributed by atoms with Crippen molar-refractivity contribution < 1.29 is 9.59 Å². The molecule has 5 heteroatoms. The van der Waals surface area contributed by atoms with Gasteiger partial charge in [-0.2, -0.15) is 0 Å². The van der Waals surface area contributed by atoms with Crippen LogP contribution in [0.1, 0.15) is 33.1 Å². The molecule has 4 nitrogen and oxygen atoms in total. The Morgan fingerprint density at radius 3 is 2.59 bits per heavy atom. The Balaban J connectivity index is 2.09. The van der Waals surface area contributed by atoms with Crippen LogP contribution >= 0.6 is 15.9 Å².